The summed E-state index contributed by atoms with van der Waals surface area (Å²) in [4.78, 5) is 4.79. The van der Waals surface area contributed by atoms with E-state index in [1.54, 1.807) is 0 Å². The molecule has 0 amide bonds. The molecule has 0 fully saturated rings. The van der Waals surface area contributed by atoms with Crippen LogP contribution in [0.4, 0.5) is 0 Å². The van der Waals surface area contributed by atoms with Gasteiger partial charge in [0.1, 0.15) is 5.82 Å². The smallest absolute Gasteiger partial charge is 0.111 e. The molecule has 0 saturated carbocycles. The number of benzene rings is 1. The number of imidazole rings is 1. The summed E-state index contributed by atoms with van der Waals surface area (Å²) in [6.45, 7) is 7.61. The predicted octanol–water partition coefficient (Wildman–Crippen LogP) is 4.27. The first kappa shape index (κ1) is 14.7. The van der Waals surface area contributed by atoms with Gasteiger partial charge in [0.15, 0.2) is 0 Å². The number of halogens is 1. The van der Waals surface area contributed by atoms with Gasteiger partial charge in [-0.25, -0.2) is 4.98 Å². The molecule has 0 aliphatic carbocycles. The molecule has 0 aliphatic rings. The van der Waals surface area contributed by atoms with Crippen LogP contribution in [0, 0.1) is 6.92 Å². The largest absolute Gasteiger partial charge is 0.327 e. The lowest BCUT2D eigenvalue weighted by molar-refractivity contribution is 0.561. The van der Waals surface area contributed by atoms with Gasteiger partial charge in [-0.2, -0.15) is 11.8 Å². The quantitative estimate of drug-likeness (QED) is 0.767. The molecule has 0 atom stereocenters. The van der Waals surface area contributed by atoms with Crippen molar-refractivity contribution in [2.75, 3.05) is 12.1 Å². The van der Waals surface area contributed by atoms with E-state index in [0.29, 0.717) is 5.88 Å². The van der Waals surface area contributed by atoms with E-state index in [9.17, 15) is 0 Å². The van der Waals surface area contributed by atoms with E-state index in [1.165, 1.54) is 11.1 Å². The van der Waals surface area contributed by atoms with Crippen molar-refractivity contribution in [1.29, 1.82) is 0 Å². The highest BCUT2D eigenvalue weighted by Crippen LogP contribution is 2.28. The number of aromatic nitrogens is 2. The number of para-hydroxylation sites is 1. The van der Waals surface area contributed by atoms with Crippen molar-refractivity contribution in [3.05, 3.63) is 29.6 Å². The summed E-state index contributed by atoms with van der Waals surface area (Å²) in [5.41, 5.74) is 3.57. The van der Waals surface area contributed by atoms with Crippen molar-refractivity contribution < 1.29 is 0 Å². The topological polar surface area (TPSA) is 17.8 Å². The molecule has 1 aromatic carbocycles. The van der Waals surface area contributed by atoms with Crippen LogP contribution in [0.1, 0.15) is 25.2 Å². The second kappa shape index (κ2) is 5.76. The maximum absolute atomic E-state index is 5.92. The molecule has 2 nitrogen and oxygen atoms in total. The van der Waals surface area contributed by atoms with Crippen LogP contribution in [0.2, 0.25) is 0 Å². The Bertz CT molecular complexity index is 575. The lowest BCUT2D eigenvalue weighted by Gasteiger charge is -2.24. The number of rotatable bonds is 5. The van der Waals surface area contributed by atoms with Gasteiger partial charge in [0, 0.05) is 23.6 Å². The molecule has 0 bridgehead atoms. The summed E-state index contributed by atoms with van der Waals surface area (Å²) in [5.74, 6) is 1.71. The number of aryl methyl sites for hydroxylation is 2. The Morgan fingerprint density at radius 1 is 1.37 bits per heavy atom. The third-order valence-electron chi connectivity index (χ3n) is 3.47. The molecule has 0 spiro atoms. The highest BCUT2D eigenvalue weighted by Gasteiger charge is 2.21. The Balaban J connectivity index is 2.55. The molecule has 0 unspecified atom stereocenters. The summed E-state index contributed by atoms with van der Waals surface area (Å²) in [5, 5.41) is 0. The fraction of sp³-hybridized carbons (Fsp3) is 0.533. The molecule has 1 heterocycles. The lowest BCUT2D eigenvalue weighted by Crippen LogP contribution is -2.23. The van der Waals surface area contributed by atoms with Crippen molar-refractivity contribution >= 4 is 34.4 Å². The summed E-state index contributed by atoms with van der Waals surface area (Å²) in [6, 6.07) is 6.37. The minimum absolute atomic E-state index is 0.193. The van der Waals surface area contributed by atoms with Crippen LogP contribution in [0.15, 0.2) is 18.2 Å². The highest BCUT2D eigenvalue weighted by atomic mass is 35.5. The average molecular weight is 297 g/mol. The van der Waals surface area contributed by atoms with E-state index in [1.807, 2.05) is 11.8 Å². The maximum atomic E-state index is 5.92. The zero-order chi connectivity index (χ0) is 14.0. The zero-order valence-electron chi connectivity index (χ0n) is 12.0. The molecule has 0 radical (unpaired) electrons. The van der Waals surface area contributed by atoms with Crippen LogP contribution >= 0.6 is 23.4 Å². The normalized spacial score (nSPS) is 12.3. The second-order valence-electron chi connectivity index (χ2n) is 5.46. The molecule has 104 valence electrons. The van der Waals surface area contributed by atoms with Crippen LogP contribution in [-0.4, -0.2) is 26.4 Å². The standard InChI is InChI=1S/C15H21ClN2S/c1-11-6-5-7-12-14(11)17-13(8-9-16)18(12)10-15(2,3)19-4/h5-7H,8-10H2,1-4H3. The maximum Gasteiger partial charge on any atom is 0.111 e. The minimum atomic E-state index is 0.193. The van der Waals surface area contributed by atoms with E-state index < -0.39 is 0 Å². The second-order valence-corrected chi connectivity index (χ2v) is 7.35. The monoisotopic (exact) mass is 296 g/mol. The molecule has 0 aliphatic heterocycles. The van der Waals surface area contributed by atoms with Crippen molar-refractivity contribution in [1.82, 2.24) is 9.55 Å². The number of alkyl halides is 1. The van der Waals surface area contributed by atoms with Crippen LogP contribution < -0.4 is 0 Å². The molecule has 0 saturated heterocycles. The van der Waals surface area contributed by atoms with E-state index in [-0.39, 0.29) is 4.75 Å². The van der Waals surface area contributed by atoms with Gasteiger partial charge in [-0.05, 0) is 38.7 Å². The number of fused-ring (bicyclic) bond motifs is 1. The van der Waals surface area contributed by atoms with Gasteiger partial charge >= 0.3 is 0 Å². The summed E-state index contributed by atoms with van der Waals surface area (Å²) >= 11 is 7.81. The van der Waals surface area contributed by atoms with Gasteiger partial charge in [0.05, 0.1) is 11.0 Å². The minimum Gasteiger partial charge on any atom is -0.327 e. The summed E-state index contributed by atoms with van der Waals surface area (Å²) in [7, 11) is 0. The molecule has 2 rings (SSSR count). The van der Waals surface area contributed by atoms with Crippen LogP contribution in [0.25, 0.3) is 11.0 Å². The molecule has 0 N–H and O–H groups in total. The summed E-state index contributed by atoms with van der Waals surface area (Å²) < 4.78 is 2.53. The molecule has 2 aromatic rings. The number of thioether (sulfide) groups is 1. The van der Waals surface area contributed by atoms with Gasteiger partial charge in [-0.15, -0.1) is 11.6 Å². The Kier molecular flexibility index (Phi) is 4.46. The number of nitrogens with zero attached hydrogens (tertiary/aromatic N) is 2. The summed E-state index contributed by atoms with van der Waals surface area (Å²) in [6.07, 6.45) is 2.98. The van der Waals surface area contributed by atoms with Crippen molar-refractivity contribution in [2.45, 2.75) is 38.5 Å². The Morgan fingerprint density at radius 3 is 2.74 bits per heavy atom. The van der Waals surface area contributed by atoms with Gasteiger partial charge in [0.2, 0.25) is 0 Å². The molecule has 4 heteroatoms. The first-order valence-electron chi connectivity index (χ1n) is 6.54. The first-order valence-corrected chi connectivity index (χ1v) is 8.30. The fourth-order valence-corrected chi connectivity index (χ4v) is 2.66. The lowest BCUT2D eigenvalue weighted by atomic mass is 10.2. The van der Waals surface area contributed by atoms with Crippen molar-refractivity contribution in [2.24, 2.45) is 0 Å². The first-order chi connectivity index (χ1) is 8.98. The average Bonchev–Trinajstić information content (AvgIpc) is 2.70. The van der Waals surface area contributed by atoms with E-state index >= 15 is 0 Å². The Hall–Kier alpha value is -0.670. The molecular weight excluding hydrogens is 276 g/mol. The number of hydrogen-bond donors (Lipinski definition) is 0. The van der Waals surface area contributed by atoms with Crippen LogP contribution in [-0.2, 0) is 13.0 Å². The van der Waals surface area contributed by atoms with E-state index in [4.69, 9.17) is 16.6 Å². The molecular formula is C15H21ClN2S. The molecule has 19 heavy (non-hydrogen) atoms. The molecule has 1 aromatic heterocycles. The van der Waals surface area contributed by atoms with Gasteiger partial charge in [0.25, 0.3) is 0 Å². The van der Waals surface area contributed by atoms with E-state index in [2.05, 4.69) is 49.8 Å². The Morgan fingerprint density at radius 2 is 2.11 bits per heavy atom. The van der Waals surface area contributed by atoms with Crippen LogP contribution in [0.5, 0.6) is 0 Å². The number of hydrogen-bond acceptors (Lipinski definition) is 2. The predicted molar refractivity (Wildman–Crippen MR) is 86.5 cm³/mol. The van der Waals surface area contributed by atoms with E-state index in [0.717, 1.165) is 24.3 Å². The van der Waals surface area contributed by atoms with Crippen molar-refractivity contribution in [3.8, 4) is 0 Å². The SMILES string of the molecule is CSC(C)(C)Cn1c(CCCl)nc2c(C)cccc21. The van der Waals surface area contributed by atoms with Crippen molar-refractivity contribution in [3.63, 3.8) is 0 Å². The van der Waals surface area contributed by atoms with Crippen LogP contribution in [0.3, 0.4) is 0 Å². The highest BCUT2D eigenvalue weighted by molar-refractivity contribution is 7.99. The Labute approximate surface area is 124 Å². The third kappa shape index (κ3) is 3.09. The van der Waals surface area contributed by atoms with Gasteiger partial charge in [-0.1, -0.05) is 12.1 Å². The van der Waals surface area contributed by atoms with Gasteiger partial charge in [-0.3, -0.25) is 0 Å². The fourth-order valence-electron chi connectivity index (χ4n) is 2.23. The zero-order valence-corrected chi connectivity index (χ0v) is 13.6. The van der Waals surface area contributed by atoms with Gasteiger partial charge < -0.3 is 4.57 Å². The third-order valence-corrected chi connectivity index (χ3v) is 4.89.